The van der Waals surface area contributed by atoms with Gasteiger partial charge < -0.3 is 0 Å². The molecule has 98 valence electrons. The Morgan fingerprint density at radius 2 is 0.882 bits per heavy atom. The van der Waals surface area contributed by atoms with E-state index in [1.807, 2.05) is 0 Å². The molecule has 0 N–H and O–H groups in total. The van der Waals surface area contributed by atoms with Gasteiger partial charge in [0.05, 0.1) is 0 Å². The van der Waals surface area contributed by atoms with E-state index in [0.29, 0.717) is 0 Å². The average Bonchev–Trinajstić information content (AvgIpc) is 2.96. The molecule has 0 nitrogen and oxygen atoms in total. The fraction of sp³-hybridized carbons (Fsp3) is 1.00. The highest BCUT2D eigenvalue weighted by Crippen LogP contribution is 2.57. The summed E-state index contributed by atoms with van der Waals surface area (Å²) in [5.41, 5.74) is 0.834. The van der Waals surface area contributed by atoms with Gasteiger partial charge in [-0.1, -0.05) is 51.4 Å². The van der Waals surface area contributed by atoms with Crippen molar-refractivity contribution in [2.75, 3.05) is 0 Å². The van der Waals surface area contributed by atoms with Crippen LogP contribution in [-0.2, 0) is 0 Å². The lowest BCUT2D eigenvalue weighted by Gasteiger charge is -2.43. The van der Waals surface area contributed by atoms with Gasteiger partial charge in [0.2, 0.25) is 0 Å². The van der Waals surface area contributed by atoms with Crippen LogP contribution in [0.25, 0.3) is 0 Å². The van der Waals surface area contributed by atoms with E-state index in [2.05, 4.69) is 0 Å². The summed E-state index contributed by atoms with van der Waals surface area (Å²) in [6.45, 7) is 0. The average molecular weight is 234 g/mol. The highest BCUT2D eigenvalue weighted by Gasteiger charge is 2.46. The zero-order valence-corrected chi connectivity index (χ0v) is 11.6. The van der Waals surface area contributed by atoms with Gasteiger partial charge in [-0.05, 0) is 55.8 Å². The Labute approximate surface area is 108 Å². The first kappa shape index (κ1) is 12.1. The molecular formula is C17H30. The van der Waals surface area contributed by atoms with Crippen LogP contribution in [0.1, 0.15) is 89.9 Å². The Bertz CT molecular complexity index is 222. The van der Waals surface area contributed by atoms with Crippen LogP contribution in [0.2, 0.25) is 0 Å². The summed E-state index contributed by atoms with van der Waals surface area (Å²) < 4.78 is 0. The van der Waals surface area contributed by atoms with Gasteiger partial charge in [0.1, 0.15) is 0 Å². The van der Waals surface area contributed by atoms with Crippen LogP contribution in [0.5, 0.6) is 0 Å². The minimum Gasteiger partial charge on any atom is -0.0533 e. The third-order valence-corrected chi connectivity index (χ3v) is 6.37. The van der Waals surface area contributed by atoms with Crippen molar-refractivity contribution in [2.45, 2.75) is 89.9 Å². The normalized spacial score (nSPS) is 31.8. The molecule has 3 fully saturated rings. The summed E-state index contributed by atoms with van der Waals surface area (Å²) >= 11 is 0. The lowest BCUT2D eigenvalue weighted by atomic mass is 9.62. The molecule has 0 radical (unpaired) electrons. The Balaban J connectivity index is 1.77. The molecule has 3 aliphatic rings. The van der Waals surface area contributed by atoms with Crippen molar-refractivity contribution >= 4 is 0 Å². The first-order valence-electron chi connectivity index (χ1n) is 8.42. The molecule has 0 spiro atoms. The molecule has 0 saturated heterocycles. The molecule has 0 atom stereocenters. The summed E-state index contributed by atoms with van der Waals surface area (Å²) in [6.07, 6.45) is 21.8. The van der Waals surface area contributed by atoms with E-state index in [1.54, 1.807) is 77.0 Å². The van der Waals surface area contributed by atoms with Crippen molar-refractivity contribution in [2.24, 2.45) is 17.3 Å². The van der Waals surface area contributed by atoms with E-state index in [-0.39, 0.29) is 0 Å². The molecule has 0 aromatic carbocycles. The molecule has 3 saturated carbocycles. The molecule has 0 unspecified atom stereocenters. The number of hydrogen-bond donors (Lipinski definition) is 0. The Morgan fingerprint density at radius 1 is 0.471 bits per heavy atom. The van der Waals surface area contributed by atoms with E-state index in [0.717, 1.165) is 17.3 Å². The minimum atomic E-state index is 0.834. The van der Waals surface area contributed by atoms with Crippen LogP contribution >= 0.6 is 0 Å². The predicted molar refractivity (Wildman–Crippen MR) is 74.1 cm³/mol. The van der Waals surface area contributed by atoms with Gasteiger partial charge in [-0.25, -0.2) is 0 Å². The molecular weight excluding hydrogens is 204 g/mol. The van der Waals surface area contributed by atoms with Crippen LogP contribution in [0.4, 0.5) is 0 Å². The van der Waals surface area contributed by atoms with Crippen molar-refractivity contribution < 1.29 is 0 Å². The second-order valence-electron chi connectivity index (χ2n) is 7.11. The molecule has 0 amide bonds. The minimum absolute atomic E-state index is 0.834. The predicted octanol–water partition coefficient (Wildman–Crippen LogP) is 5.71. The summed E-state index contributed by atoms with van der Waals surface area (Å²) in [4.78, 5) is 0. The van der Waals surface area contributed by atoms with E-state index >= 15 is 0 Å². The SMILES string of the molecule is C1CCCC(C2(C3CCCC3)CCCC2)CC1. The van der Waals surface area contributed by atoms with Gasteiger partial charge in [0, 0.05) is 0 Å². The maximum Gasteiger partial charge on any atom is -0.0241 e. The second kappa shape index (κ2) is 5.33. The molecule has 3 rings (SSSR count). The Hall–Kier alpha value is 0. The van der Waals surface area contributed by atoms with Crippen LogP contribution in [0.15, 0.2) is 0 Å². The molecule has 3 aliphatic carbocycles. The van der Waals surface area contributed by atoms with Crippen LogP contribution < -0.4 is 0 Å². The van der Waals surface area contributed by atoms with Crippen molar-refractivity contribution in [3.05, 3.63) is 0 Å². The molecule has 0 bridgehead atoms. The van der Waals surface area contributed by atoms with Gasteiger partial charge in [0.25, 0.3) is 0 Å². The fourth-order valence-electron chi connectivity index (χ4n) is 5.54. The molecule has 0 aliphatic heterocycles. The summed E-state index contributed by atoms with van der Waals surface area (Å²) in [5.74, 6) is 2.25. The highest BCUT2D eigenvalue weighted by molar-refractivity contribution is 4.97. The molecule has 17 heavy (non-hydrogen) atoms. The third kappa shape index (κ3) is 2.29. The lowest BCUT2D eigenvalue weighted by molar-refractivity contribution is 0.0670. The van der Waals surface area contributed by atoms with Gasteiger partial charge in [0.15, 0.2) is 0 Å². The number of hydrogen-bond acceptors (Lipinski definition) is 0. The van der Waals surface area contributed by atoms with Crippen molar-refractivity contribution in [1.82, 2.24) is 0 Å². The zero-order chi connectivity index (χ0) is 11.6. The molecule has 0 aromatic rings. The maximum atomic E-state index is 1.60. The zero-order valence-electron chi connectivity index (χ0n) is 11.6. The monoisotopic (exact) mass is 234 g/mol. The van der Waals surface area contributed by atoms with Gasteiger partial charge in [-0.2, -0.15) is 0 Å². The smallest absolute Gasteiger partial charge is 0.0241 e. The van der Waals surface area contributed by atoms with Crippen molar-refractivity contribution in [3.8, 4) is 0 Å². The molecule has 0 heteroatoms. The highest BCUT2D eigenvalue weighted by atomic mass is 14.5. The summed E-state index contributed by atoms with van der Waals surface area (Å²) in [6, 6.07) is 0. The van der Waals surface area contributed by atoms with E-state index in [4.69, 9.17) is 0 Å². The van der Waals surface area contributed by atoms with Crippen LogP contribution in [-0.4, -0.2) is 0 Å². The largest absolute Gasteiger partial charge is 0.0533 e. The number of rotatable bonds is 2. The van der Waals surface area contributed by atoms with Crippen LogP contribution in [0.3, 0.4) is 0 Å². The molecule has 0 heterocycles. The Morgan fingerprint density at radius 3 is 1.35 bits per heavy atom. The summed E-state index contributed by atoms with van der Waals surface area (Å²) in [5, 5.41) is 0. The van der Waals surface area contributed by atoms with Gasteiger partial charge >= 0.3 is 0 Å². The maximum absolute atomic E-state index is 1.60. The topological polar surface area (TPSA) is 0 Å². The van der Waals surface area contributed by atoms with Gasteiger partial charge in [-0.3, -0.25) is 0 Å². The van der Waals surface area contributed by atoms with Gasteiger partial charge in [-0.15, -0.1) is 0 Å². The van der Waals surface area contributed by atoms with Crippen molar-refractivity contribution in [1.29, 1.82) is 0 Å². The second-order valence-corrected chi connectivity index (χ2v) is 7.11. The fourth-order valence-corrected chi connectivity index (χ4v) is 5.54. The van der Waals surface area contributed by atoms with E-state index in [9.17, 15) is 0 Å². The van der Waals surface area contributed by atoms with Crippen LogP contribution in [0, 0.1) is 17.3 Å². The third-order valence-electron chi connectivity index (χ3n) is 6.37. The quantitative estimate of drug-likeness (QED) is 0.537. The summed E-state index contributed by atoms with van der Waals surface area (Å²) in [7, 11) is 0. The van der Waals surface area contributed by atoms with Crippen molar-refractivity contribution in [3.63, 3.8) is 0 Å². The first-order chi connectivity index (χ1) is 8.42. The van der Waals surface area contributed by atoms with E-state index < -0.39 is 0 Å². The standard InChI is InChI=1S/C17H30/c1-2-4-10-15(9-3-1)17(13-7-8-14-17)16-11-5-6-12-16/h15-16H,1-14H2. The lowest BCUT2D eigenvalue weighted by Crippen LogP contribution is -2.34. The van der Waals surface area contributed by atoms with E-state index in [1.165, 1.54) is 12.8 Å². The first-order valence-corrected chi connectivity index (χ1v) is 8.42. The Kier molecular flexibility index (Phi) is 3.78. The molecule has 0 aromatic heterocycles.